The quantitative estimate of drug-likeness (QED) is 0.882. The van der Waals surface area contributed by atoms with Crippen LogP contribution in [0.1, 0.15) is 34.1 Å². The molecule has 0 spiro atoms. The third-order valence-corrected chi connectivity index (χ3v) is 5.34. The second-order valence-corrected chi connectivity index (χ2v) is 7.41. The van der Waals surface area contributed by atoms with E-state index < -0.39 is 0 Å². The van der Waals surface area contributed by atoms with Gasteiger partial charge in [-0.15, -0.1) is 0 Å². The summed E-state index contributed by atoms with van der Waals surface area (Å²) in [7, 11) is 1.72. The molecule has 1 saturated heterocycles. The Morgan fingerprint density at radius 2 is 2.19 bits per heavy atom. The Bertz CT molecular complexity index is 492. The smallest absolute Gasteiger partial charge is 0.121 e. The highest BCUT2D eigenvalue weighted by atomic mass is 79.9. The molecule has 2 rings (SSSR count). The van der Waals surface area contributed by atoms with Crippen molar-refractivity contribution >= 4 is 21.6 Å². The summed E-state index contributed by atoms with van der Waals surface area (Å²) < 4.78 is 6.55. The molecule has 1 heterocycles. The average Bonchev–Trinajstić information content (AvgIpc) is 2.47. The predicted molar refractivity (Wildman–Crippen MR) is 93.4 cm³/mol. The lowest BCUT2D eigenvalue weighted by molar-refractivity contribution is 0.252. The molecule has 21 heavy (non-hydrogen) atoms. The number of halogens is 1. The second-order valence-electron chi connectivity index (χ2n) is 6.55. The van der Waals surface area contributed by atoms with Crippen molar-refractivity contribution in [3.05, 3.63) is 22.7 Å². The van der Waals surface area contributed by atoms with Crippen LogP contribution in [0.5, 0.6) is 5.75 Å². The highest BCUT2D eigenvalue weighted by Crippen LogP contribution is 2.35. The molecule has 1 aromatic carbocycles. The zero-order valence-corrected chi connectivity index (χ0v) is 15.3. The summed E-state index contributed by atoms with van der Waals surface area (Å²) in [5.74, 6) is 1.50. The highest BCUT2D eigenvalue weighted by molar-refractivity contribution is 9.10. The zero-order chi connectivity index (χ0) is 15.6. The first-order chi connectivity index (χ1) is 9.90. The minimum Gasteiger partial charge on any atom is -0.497 e. The van der Waals surface area contributed by atoms with Gasteiger partial charge in [0.2, 0.25) is 0 Å². The van der Waals surface area contributed by atoms with Crippen molar-refractivity contribution in [3.8, 4) is 5.75 Å². The van der Waals surface area contributed by atoms with Crippen LogP contribution in [0.25, 0.3) is 0 Å². The Labute approximate surface area is 137 Å². The zero-order valence-electron chi connectivity index (χ0n) is 13.7. The molecule has 2 unspecified atom stereocenters. The van der Waals surface area contributed by atoms with Gasteiger partial charge in [0.1, 0.15) is 5.75 Å². The van der Waals surface area contributed by atoms with E-state index in [1.165, 1.54) is 5.69 Å². The van der Waals surface area contributed by atoms with Crippen LogP contribution >= 0.6 is 15.9 Å². The summed E-state index contributed by atoms with van der Waals surface area (Å²) in [4.78, 5) is 2.54. The largest absolute Gasteiger partial charge is 0.497 e. The van der Waals surface area contributed by atoms with Crippen molar-refractivity contribution in [1.29, 1.82) is 0 Å². The predicted octanol–water partition coefficient (Wildman–Crippen LogP) is 4.06. The number of nitrogens with one attached hydrogen (secondary N) is 1. The lowest BCUT2D eigenvalue weighted by Crippen LogP contribution is -2.64. The lowest BCUT2D eigenvalue weighted by atomic mass is 9.89. The summed E-state index contributed by atoms with van der Waals surface area (Å²) in [6.45, 7) is 11.2. The Morgan fingerprint density at radius 3 is 2.76 bits per heavy atom. The first-order valence-corrected chi connectivity index (χ1v) is 8.54. The Hall–Kier alpha value is -0.740. The molecule has 118 valence electrons. The van der Waals surface area contributed by atoms with Gasteiger partial charge in [-0.05, 0) is 47.3 Å². The monoisotopic (exact) mass is 354 g/mol. The number of hydrogen-bond donors (Lipinski definition) is 1. The summed E-state index contributed by atoms with van der Waals surface area (Å²) in [6.07, 6.45) is 1.12. The van der Waals surface area contributed by atoms with Gasteiger partial charge in [-0.3, -0.25) is 0 Å². The van der Waals surface area contributed by atoms with Crippen LogP contribution in [0.3, 0.4) is 0 Å². The van der Waals surface area contributed by atoms with Crippen molar-refractivity contribution in [1.82, 2.24) is 5.32 Å². The number of piperazine rings is 1. The molecule has 0 aliphatic carbocycles. The molecule has 1 fully saturated rings. The summed E-state index contributed by atoms with van der Waals surface area (Å²) in [5, 5.41) is 3.74. The molecule has 0 saturated carbocycles. The Kier molecular flexibility index (Phi) is 5.20. The van der Waals surface area contributed by atoms with E-state index in [-0.39, 0.29) is 5.54 Å². The van der Waals surface area contributed by atoms with E-state index in [1.807, 2.05) is 6.07 Å². The van der Waals surface area contributed by atoms with Crippen molar-refractivity contribution in [3.63, 3.8) is 0 Å². The topological polar surface area (TPSA) is 24.5 Å². The summed E-state index contributed by atoms with van der Waals surface area (Å²) in [6, 6.07) is 6.71. The van der Waals surface area contributed by atoms with Crippen molar-refractivity contribution < 1.29 is 4.74 Å². The first kappa shape index (κ1) is 16.6. The van der Waals surface area contributed by atoms with E-state index in [0.717, 1.165) is 29.7 Å². The van der Waals surface area contributed by atoms with Gasteiger partial charge in [0, 0.05) is 35.2 Å². The third kappa shape index (κ3) is 3.54. The fourth-order valence-corrected chi connectivity index (χ4v) is 3.42. The molecule has 0 amide bonds. The van der Waals surface area contributed by atoms with Crippen LogP contribution in [-0.4, -0.2) is 31.8 Å². The third-order valence-electron chi connectivity index (χ3n) is 4.67. The Balaban J connectivity index is 2.40. The number of ether oxygens (including phenoxy) is 1. The number of nitrogens with zero attached hydrogens (tertiary/aromatic N) is 1. The molecule has 0 bridgehead atoms. The molecular formula is C17H27BrN2O. The molecule has 1 aromatic rings. The van der Waals surface area contributed by atoms with Crippen LogP contribution < -0.4 is 15.0 Å². The normalized spacial score (nSPS) is 26.2. The number of anilines is 1. The summed E-state index contributed by atoms with van der Waals surface area (Å²) in [5.41, 5.74) is 1.39. The van der Waals surface area contributed by atoms with E-state index in [1.54, 1.807) is 7.11 Å². The molecule has 3 nitrogen and oxygen atoms in total. The van der Waals surface area contributed by atoms with Gasteiger partial charge >= 0.3 is 0 Å². The van der Waals surface area contributed by atoms with Gasteiger partial charge in [-0.25, -0.2) is 0 Å². The lowest BCUT2D eigenvalue weighted by Gasteiger charge is -2.49. The van der Waals surface area contributed by atoms with Crippen LogP contribution in [0.4, 0.5) is 5.69 Å². The molecule has 0 aromatic heterocycles. The molecule has 1 N–H and O–H groups in total. The molecule has 2 atom stereocenters. The molecule has 0 radical (unpaired) electrons. The van der Waals surface area contributed by atoms with Crippen molar-refractivity contribution in [2.75, 3.05) is 25.1 Å². The van der Waals surface area contributed by atoms with Gasteiger partial charge in [-0.2, -0.15) is 0 Å². The van der Waals surface area contributed by atoms with Gasteiger partial charge in [-0.1, -0.05) is 20.8 Å². The van der Waals surface area contributed by atoms with E-state index in [0.29, 0.717) is 12.0 Å². The number of hydrogen-bond acceptors (Lipinski definition) is 3. The van der Waals surface area contributed by atoms with E-state index in [9.17, 15) is 0 Å². The Morgan fingerprint density at radius 1 is 1.48 bits per heavy atom. The first-order valence-electron chi connectivity index (χ1n) is 7.75. The number of rotatable bonds is 4. The van der Waals surface area contributed by atoms with Gasteiger partial charge in [0.25, 0.3) is 0 Å². The van der Waals surface area contributed by atoms with E-state index in [2.05, 4.69) is 66.0 Å². The number of methoxy groups -OCH3 is 1. The maximum Gasteiger partial charge on any atom is 0.121 e. The van der Waals surface area contributed by atoms with Gasteiger partial charge < -0.3 is 15.0 Å². The summed E-state index contributed by atoms with van der Waals surface area (Å²) >= 11 is 3.71. The minimum atomic E-state index is 0.161. The second kappa shape index (κ2) is 6.57. The van der Waals surface area contributed by atoms with Gasteiger partial charge in [0.05, 0.1) is 12.8 Å². The standard InChI is InChI=1S/C17H27BrN2O/c1-6-17(4)11-20(16(10-19-17)12(2)3)15-9-13(21-5)7-8-14(15)18/h7-9,12,16,19H,6,10-11H2,1-5H3. The van der Waals surface area contributed by atoms with Crippen molar-refractivity contribution in [2.45, 2.75) is 45.7 Å². The fraction of sp³-hybridized carbons (Fsp3) is 0.647. The SMILES string of the molecule is CCC1(C)CN(c2cc(OC)ccc2Br)C(C(C)C)CN1. The highest BCUT2D eigenvalue weighted by Gasteiger charge is 2.36. The van der Waals surface area contributed by atoms with Crippen LogP contribution in [0.2, 0.25) is 0 Å². The maximum absolute atomic E-state index is 5.41. The average molecular weight is 355 g/mol. The molecular weight excluding hydrogens is 328 g/mol. The molecule has 1 aliphatic heterocycles. The van der Waals surface area contributed by atoms with Crippen LogP contribution in [-0.2, 0) is 0 Å². The van der Waals surface area contributed by atoms with Crippen molar-refractivity contribution in [2.24, 2.45) is 5.92 Å². The minimum absolute atomic E-state index is 0.161. The molecule has 4 heteroatoms. The maximum atomic E-state index is 5.41. The van der Waals surface area contributed by atoms with E-state index >= 15 is 0 Å². The van der Waals surface area contributed by atoms with Crippen LogP contribution in [0, 0.1) is 5.92 Å². The van der Waals surface area contributed by atoms with Gasteiger partial charge in [0.15, 0.2) is 0 Å². The van der Waals surface area contributed by atoms with E-state index in [4.69, 9.17) is 4.74 Å². The molecule has 1 aliphatic rings. The van der Waals surface area contributed by atoms with Crippen LogP contribution in [0.15, 0.2) is 22.7 Å². The number of benzene rings is 1. The fourth-order valence-electron chi connectivity index (χ4n) is 2.95.